The Morgan fingerprint density at radius 2 is 1.94 bits per heavy atom. The number of ether oxygens (including phenoxy) is 1. The van der Waals surface area contributed by atoms with Crippen LogP contribution in [0.5, 0.6) is 0 Å². The monoisotopic (exact) mass is 255 g/mol. The molecule has 0 aromatic rings. The third-order valence-electron chi connectivity index (χ3n) is 4.15. The molecule has 1 heterocycles. The summed E-state index contributed by atoms with van der Waals surface area (Å²) in [4.78, 5) is 14.0. The lowest BCUT2D eigenvalue weighted by Gasteiger charge is -2.34. The number of likely N-dealkylation sites (tertiary alicyclic amines) is 1. The first-order valence-corrected chi connectivity index (χ1v) is 7.54. The van der Waals surface area contributed by atoms with E-state index in [1.54, 1.807) is 0 Å². The number of carbonyl (C=O) groups excluding carboxylic acids is 1. The normalized spacial score (nSPS) is 18.9. The molecule has 1 amide bonds. The molecular formula is C15H29NO2. The predicted molar refractivity (Wildman–Crippen MR) is 74.5 cm³/mol. The molecule has 0 aromatic carbocycles. The minimum Gasteiger partial charge on any atom is -0.381 e. The van der Waals surface area contributed by atoms with Crippen molar-refractivity contribution < 1.29 is 9.53 Å². The average Bonchev–Trinajstić information content (AvgIpc) is 2.42. The summed E-state index contributed by atoms with van der Waals surface area (Å²) in [6.07, 6.45) is 5.18. The Morgan fingerprint density at radius 1 is 1.28 bits per heavy atom. The van der Waals surface area contributed by atoms with Crippen molar-refractivity contribution in [1.82, 2.24) is 4.90 Å². The van der Waals surface area contributed by atoms with E-state index in [-0.39, 0.29) is 5.91 Å². The molecule has 0 spiro atoms. The summed E-state index contributed by atoms with van der Waals surface area (Å²) in [7, 11) is 0. The van der Waals surface area contributed by atoms with Gasteiger partial charge in [-0.3, -0.25) is 4.79 Å². The number of nitrogens with zero attached hydrogens (tertiary/aromatic N) is 1. The maximum absolute atomic E-state index is 12.0. The van der Waals surface area contributed by atoms with Crippen LogP contribution >= 0.6 is 0 Å². The molecule has 1 atom stereocenters. The fourth-order valence-electron chi connectivity index (χ4n) is 2.62. The van der Waals surface area contributed by atoms with Crippen molar-refractivity contribution in [1.29, 1.82) is 0 Å². The summed E-state index contributed by atoms with van der Waals surface area (Å²) in [5, 5.41) is 0. The Bertz CT molecular complexity index is 235. The first-order valence-electron chi connectivity index (χ1n) is 7.54. The molecule has 0 N–H and O–H groups in total. The molecule has 0 aliphatic carbocycles. The highest BCUT2D eigenvalue weighted by atomic mass is 16.5. The molecule has 1 rings (SSSR count). The van der Waals surface area contributed by atoms with Crippen molar-refractivity contribution in [2.75, 3.05) is 26.3 Å². The van der Waals surface area contributed by atoms with Gasteiger partial charge in [0.1, 0.15) is 0 Å². The molecule has 1 fully saturated rings. The standard InChI is InChI=1S/C15H29NO2/c1-4-11-18-12-8-15(17)16-9-6-14(7-10-16)13(3)5-2/h13-14H,4-12H2,1-3H3. The number of hydrogen-bond acceptors (Lipinski definition) is 2. The van der Waals surface area contributed by atoms with E-state index in [2.05, 4.69) is 20.8 Å². The minimum absolute atomic E-state index is 0.272. The molecule has 1 saturated heterocycles. The Balaban J connectivity index is 2.19. The highest BCUT2D eigenvalue weighted by Crippen LogP contribution is 2.26. The van der Waals surface area contributed by atoms with Gasteiger partial charge >= 0.3 is 0 Å². The van der Waals surface area contributed by atoms with Gasteiger partial charge in [-0.1, -0.05) is 27.2 Å². The highest BCUT2D eigenvalue weighted by Gasteiger charge is 2.25. The lowest BCUT2D eigenvalue weighted by Crippen LogP contribution is -2.40. The first-order chi connectivity index (χ1) is 8.69. The van der Waals surface area contributed by atoms with Crippen molar-refractivity contribution in [2.45, 2.75) is 52.9 Å². The molecule has 1 aliphatic heterocycles. The topological polar surface area (TPSA) is 29.5 Å². The lowest BCUT2D eigenvalue weighted by molar-refractivity contribution is -0.134. The second-order valence-electron chi connectivity index (χ2n) is 5.47. The van der Waals surface area contributed by atoms with Gasteiger partial charge in [0.25, 0.3) is 0 Å². The number of rotatable bonds is 7. The second-order valence-corrected chi connectivity index (χ2v) is 5.47. The van der Waals surface area contributed by atoms with Gasteiger partial charge in [-0.05, 0) is 31.1 Å². The Kier molecular flexibility index (Phi) is 7.33. The van der Waals surface area contributed by atoms with Crippen LogP contribution in [0.4, 0.5) is 0 Å². The zero-order valence-corrected chi connectivity index (χ0v) is 12.3. The molecule has 0 radical (unpaired) electrons. The van der Waals surface area contributed by atoms with Crippen molar-refractivity contribution >= 4 is 5.91 Å². The highest BCUT2D eigenvalue weighted by molar-refractivity contribution is 5.76. The number of amides is 1. The summed E-state index contributed by atoms with van der Waals surface area (Å²) < 4.78 is 5.37. The van der Waals surface area contributed by atoms with Gasteiger partial charge in [0.15, 0.2) is 0 Å². The van der Waals surface area contributed by atoms with Crippen LogP contribution in [-0.2, 0) is 9.53 Å². The van der Waals surface area contributed by atoms with E-state index in [1.807, 2.05) is 4.90 Å². The van der Waals surface area contributed by atoms with Crippen LogP contribution in [0.15, 0.2) is 0 Å². The third-order valence-corrected chi connectivity index (χ3v) is 4.15. The predicted octanol–water partition coefficient (Wildman–Crippen LogP) is 3.09. The lowest BCUT2D eigenvalue weighted by atomic mass is 9.84. The quantitative estimate of drug-likeness (QED) is 0.654. The van der Waals surface area contributed by atoms with Gasteiger partial charge in [0.05, 0.1) is 13.0 Å². The zero-order chi connectivity index (χ0) is 13.4. The van der Waals surface area contributed by atoms with Gasteiger partial charge in [-0.25, -0.2) is 0 Å². The van der Waals surface area contributed by atoms with Crippen LogP contribution in [0.25, 0.3) is 0 Å². The maximum Gasteiger partial charge on any atom is 0.224 e. The van der Waals surface area contributed by atoms with Crippen molar-refractivity contribution in [2.24, 2.45) is 11.8 Å². The Morgan fingerprint density at radius 3 is 2.50 bits per heavy atom. The van der Waals surface area contributed by atoms with Crippen LogP contribution in [0.2, 0.25) is 0 Å². The van der Waals surface area contributed by atoms with E-state index in [9.17, 15) is 4.79 Å². The number of piperidine rings is 1. The molecule has 18 heavy (non-hydrogen) atoms. The minimum atomic E-state index is 0.272. The van der Waals surface area contributed by atoms with E-state index >= 15 is 0 Å². The van der Waals surface area contributed by atoms with Crippen LogP contribution < -0.4 is 0 Å². The van der Waals surface area contributed by atoms with E-state index in [0.29, 0.717) is 13.0 Å². The average molecular weight is 255 g/mol. The molecule has 3 heteroatoms. The van der Waals surface area contributed by atoms with Gasteiger partial charge < -0.3 is 9.64 Å². The van der Waals surface area contributed by atoms with Crippen molar-refractivity contribution in [3.63, 3.8) is 0 Å². The summed E-state index contributed by atoms with van der Waals surface area (Å²) in [6.45, 7) is 9.92. The van der Waals surface area contributed by atoms with E-state index in [4.69, 9.17) is 4.74 Å². The molecule has 106 valence electrons. The molecule has 3 nitrogen and oxygen atoms in total. The number of carbonyl (C=O) groups is 1. The smallest absolute Gasteiger partial charge is 0.224 e. The molecule has 1 unspecified atom stereocenters. The summed E-state index contributed by atoms with van der Waals surface area (Å²) in [6, 6.07) is 0. The molecule has 0 bridgehead atoms. The van der Waals surface area contributed by atoms with Crippen LogP contribution in [0.3, 0.4) is 0 Å². The molecule has 0 aromatic heterocycles. The van der Waals surface area contributed by atoms with Gasteiger partial charge in [-0.15, -0.1) is 0 Å². The van der Waals surface area contributed by atoms with E-state index in [1.165, 1.54) is 19.3 Å². The summed E-state index contributed by atoms with van der Waals surface area (Å²) in [5.41, 5.74) is 0. The van der Waals surface area contributed by atoms with Crippen LogP contribution in [0.1, 0.15) is 52.9 Å². The van der Waals surface area contributed by atoms with Crippen molar-refractivity contribution in [3.05, 3.63) is 0 Å². The van der Waals surface area contributed by atoms with Crippen molar-refractivity contribution in [3.8, 4) is 0 Å². The largest absolute Gasteiger partial charge is 0.381 e. The number of hydrogen-bond donors (Lipinski definition) is 0. The van der Waals surface area contributed by atoms with E-state index < -0.39 is 0 Å². The fraction of sp³-hybridized carbons (Fsp3) is 0.933. The van der Waals surface area contributed by atoms with E-state index in [0.717, 1.165) is 38.0 Å². The second kappa shape index (κ2) is 8.52. The van der Waals surface area contributed by atoms with Crippen LogP contribution in [0, 0.1) is 11.8 Å². The summed E-state index contributed by atoms with van der Waals surface area (Å²) in [5.74, 6) is 1.89. The Hall–Kier alpha value is -0.570. The fourth-order valence-corrected chi connectivity index (χ4v) is 2.62. The molecule has 1 aliphatic rings. The summed E-state index contributed by atoms with van der Waals surface area (Å²) >= 11 is 0. The molecular weight excluding hydrogens is 226 g/mol. The Labute approximate surface area is 112 Å². The third kappa shape index (κ3) is 4.97. The maximum atomic E-state index is 12.0. The molecule has 0 saturated carbocycles. The van der Waals surface area contributed by atoms with Crippen LogP contribution in [-0.4, -0.2) is 37.1 Å². The van der Waals surface area contributed by atoms with Gasteiger partial charge in [0, 0.05) is 19.7 Å². The zero-order valence-electron chi connectivity index (χ0n) is 12.3. The van der Waals surface area contributed by atoms with Gasteiger partial charge in [-0.2, -0.15) is 0 Å². The van der Waals surface area contributed by atoms with Gasteiger partial charge in [0.2, 0.25) is 5.91 Å². The first kappa shape index (κ1) is 15.5. The SMILES string of the molecule is CCCOCCC(=O)N1CCC(C(C)CC)CC1.